The smallest absolute Gasteiger partial charge is 0.184 e. The summed E-state index contributed by atoms with van der Waals surface area (Å²) in [5, 5.41) is 0. The van der Waals surface area contributed by atoms with Crippen molar-refractivity contribution in [3.05, 3.63) is 53.1 Å². The lowest BCUT2D eigenvalue weighted by molar-refractivity contribution is 0.0872. The maximum atomic E-state index is 12.6. The van der Waals surface area contributed by atoms with Gasteiger partial charge in [-0.25, -0.2) is 0 Å². The molecule has 0 amide bonds. The zero-order valence-corrected chi connectivity index (χ0v) is 14.7. The lowest BCUT2D eigenvalue weighted by atomic mass is 9.95. The Labute approximate surface area is 143 Å². The molecule has 0 saturated carbocycles. The van der Waals surface area contributed by atoms with Crippen LogP contribution in [0.15, 0.2) is 36.4 Å². The summed E-state index contributed by atoms with van der Waals surface area (Å²) in [6, 6.07) is 11.2. The molecule has 0 aliphatic carbocycles. The van der Waals surface area contributed by atoms with E-state index in [2.05, 4.69) is 15.9 Å². The van der Waals surface area contributed by atoms with Crippen molar-refractivity contribution in [3.8, 4) is 17.2 Å². The first kappa shape index (κ1) is 15.9. The summed E-state index contributed by atoms with van der Waals surface area (Å²) in [6.45, 7) is 1.96. The Kier molecular flexibility index (Phi) is 4.31. The van der Waals surface area contributed by atoms with Crippen molar-refractivity contribution >= 4 is 21.7 Å². The second-order valence-electron chi connectivity index (χ2n) is 5.42. The Morgan fingerprint density at radius 2 is 1.78 bits per heavy atom. The fourth-order valence-electron chi connectivity index (χ4n) is 2.69. The molecule has 23 heavy (non-hydrogen) atoms. The molecule has 2 aromatic rings. The van der Waals surface area contributed by atoms with Crippen molar-refractivity contribution in [3.63, 3.8) is 0 Å². The fraction of sp³-hybridized carbons (Fsp3) is 0.278. The summed E-state index contributed by atoms with van der Waals surface area (Å²) >= 11 is 3.49. The van der Waals surface area contributed by atoms with Gasteiger partial charge >= 0.3 is 0 Å². The predicted octanol–water partition coefficient (Wildman–Crippen LogP) is 4.09. The standard InChI is InChI=1S/C18H17BrO4/c1-10-4-6-13-12(8-10)17(20)16(19)18(23-13)11-5-7-14(21-2)15(9-11)22-3/h4-9,16,18H,1-3H3/t16-,18-/m0/s1. The lowest BCUT2D eigenvalue weighted by Crippen LogP contribution is -2.32. The van der Waals surface area contributed by atoms with Gasteiger partial charge in [0.1, 0.15) is 16.7 Å². The number of benzene rings is 2. The monoisotopic (exact) mass is 376 g/mol. The molecule has 0 N–H and O–H groups in total. The number of hydrogen-bond acceptors (Lipinski definition) is 4. The van der Waals surface area contributed by atoms with E-state index >= 15 is 0 Å². The van der Waals surface area contributed by atoms with Crippen LogP contribution in [-0.2, 0) is 0 Å². The summed E-state index contributed by atoms with van der Waals surface area (Å²) < 4.78 is 16.7. The number of methoxy groups -OCH3 is 2. The molecule has 3 rings (SSSR count). The van der Waals surface area contributed by atoms with Crippen LogP contribution in [0.25, 0.3) is 0 Å². The van der Waals surface area contributed by atoms with E-state index in [1.165, 1.54) is 0 Å². The number of carbonyl (C=O) groups is 1. The number of rotatable bonds is 3. The van der Waals surface area contributed by atoms with Gasteiger partial charge in [-0.2, -0.15) is 0 Å². The molecule has 120 valence electrons. The first-order chi connectivity index (χ1) is 11.0. The maximum absolute atomic E-state index is 12.6. The molecule has 0 spiro atoms. The Hall–Kier alpha value is -2.01. The molecule has 0 unspecified atom stereocenters. The van der Waals surface area contributed by atoms with E-state index in [1.807, 2.05) is 43.3 Å². The van der Waals surface area contributed by atoms with Gasteiger partial charge in [0.15, 0.2) is 17.3 Å². The molecule has 0 aromatic heterocycles. The SMILES string of the molecule is COc1ccc([C@@H]2Oc3ccc(C)cc3C(=O)[C@@H]2Br)cc1OC. The zero-order valence-electron chi connectivity index (χ0n) is 13.1. The molecule has 4 nitrogen and oxygen atoms in total. The van der Waals surface area contributed by atoms with Crippen molar-refractivity contribution in [2.45, 2.75) is 17.9 Å². The summed E-state index contributed by atoms with van der Waals surface area (Å²) in [7, 11) is 3.17. The normalized spacial score (nSPS) is 19.7. The minimum atomic E-state index is -0.449. The lowest BCUT2D eigenvalue weighted by Gasteiger charge is -2.30. The van der Waals surface area contributed by atoms with E-state index in [4.69, 9.17) is 14.2 Å². The van der Waals surface area contributed by atoms with Crippen LogP contribution in [0.5, 0.6) is 17.2 Å². The number of halogens is 1. The first-order valence-corrected chi connectivity index (χ1v) is 8.14. The highest BCUT2D eigenvalue weighted by molar-refractivity contribution is 9.10. The number of fused-ring (bicyclic) bond motifs is 1. The molecule has 0 fully saturated rings. The van der Waals surface area contributed by atoms with E-state index in [1.54, 1.807) is 14.2 Å². The van der Waals surface area contributed by atoms with E-state index in [0.29, 0.717) is 22.8 Å². The third-order valence-corrected chi connectivity index (χ3v) is 4.80. The highest BCUT2D eigenvalue weighted by atomic mass is 79.9. The molecule has 1 heterocycles. The van der Waals surface area contributed by atoms with Gasteiger partial charge in [0.25, 0.3) is 0 Å². The van der Waals surface area contributed by atoms with Crippen molar-refractivity contribution in [1.82, 2.24) is 0 Å². The van der Waals surface area contributed by atoms with Crippen LogP contribution in [0.2, 0.25) is 0 Å². The van der Waals surface area contributed by atoms with E-state index in [0.717, 1.165) is 11.1 Å². The molecular weight excluding hydrogens is 360 g/mol. The first-order valence-electron chi connectivity index (χ1n) is 7.22. The van der Waals surface area contributed by atoms with Gasteiger partial charge in [-0.3, -0.25) is 4.79 Å². The molecule has 5 heteroatoms. The van der Waals surface area contributed by atoms with Gasteiger partial charge in [0.2, 0.25) is 0 Å². The quantitative estimate of drug-likeness (QED) is 0.756. The highest BCUT2D eigenvalue weighted by Gasteiger charge is 2.36. The van der Waals surface area contributed by atoms with Gasteiger partial charge in [-0.1, -0.05) is 33.6 Å². The van der Waals surface area contributed by atoms with Crippen molar-refractivity contribution in [2.24, 2.45) is 0 Å². The van der Waals surface area contributed by atoms with Crippen molar-refractivity contribution in [2.75, 3.05) is 14.2 Å². The van der Waals surface area contributed by atoms with E-state index in [-0.39, 0.29) is 5.78 Å². The molecular formula is C18H17BrO4. The maximum Gasteiger partial charge on any atom is 0.184 e. The Morgan fingerprint density at radius 1 is 1.04 bits per heavy atom. The average Bonchev–Trinajstić information content (AvgIpc) is 2.58. The van der Waals surface area contributed by atoms with Gasteiger partial charge < -0.3 is 14.2 Å². The zero-order chi connectivity index (χ0) is 16.6. The molecule has 2 aromatic carbocycles. The van der Waals surface area contributed by atoms with Gasteiger partial charge in [-0.05, 0) is 36.8 Å². The molecule has 1 aliphatic heterocycles. The summed E-state index contributed by atoms with van der Waals surface area (Å²) in [4.78, 5) is 12.2. The number of ketones is 1. The van der Waals surface area contributed by atoms with Crippen LogP contribution in [0.3, 0.4) is 0 Å². The van der Waals surface area contributed by atoms with Crippen LogP contribution in [0, 0.1) is 6.92 Å². The minimum Gasteiger partial charge on any atom is -0.493 e. The number of alkyl halides is 1. The number of hydrogen-bond donors (Lipinski definition) is 0. The van der Waals surface area contributed by atoms with Crippen molar-refractivity contribution < 1.29 is 19.0 Å². The number of Topliss-reactive ketones (excluding diaryl/α,β-unsaturated/α-hetero) is 1. The molecule has 0 radical (unpaired) electrons. The second-order valence-corrected chi connectivity index (χ2v) is 6.41. The van der Waals surface area contributed by atoms with Crippen LogP contribution < -0.4 is 14.2 Å². The van der Waals surface area contributed by atoms with Gasteiger partial charge in [0.05, 0.1) is 19.8 Å². The minimum absolute atomic E-state index is 0.0229. The van der Waals surface area contributed by atoms with Crippen LogP contribution in [0.1, 0.15) is 27.6 Å². The average molecular weight is 377 g/mol. The Bertz CT molecular complexity index is 757. The van der Waals surface area contributed by atoms with E-state index in [9.17, 15) is 4.79 Å². The van der Waals surface area contributed by atoms with Crippen LogP contribution >= 0.6 is 15.9 Å². The fourth-order valence-corrected chi connectivity index (χ4v) is 3.35. The molecule has 2 atom stereocenters. The molecule has 0 saturated heterocycles. The molecule has 1 aliphatic rings. The Morgan fingerprint density at radius 3 is 2.48 bits per heavy atom. The second kappa shape index (κ2) is 6.24. The van der Waals surface area contributed by atoms with E-state index < -0.39 is 10.9 Å². The van der Waals surface area contributed by atoms with Crippen molar-refractivity contribution in [1.29, 1.82) is 0 Å². The molecule has 0 bridgehead atoms. The summed E-state index contributed by atoms with van der Waals surface area (Å²) in [5.41, 5.74) is 2.50. The van der Waals surface area contributed by atoms with Crippen LogP contribution in [-0.4, -0.2) is 24.8 Å². The third kappa shape index (κ3) is 2.81. The summed E-state index contributed by atoms with van der Waals surface area (Å²) in [5.74, 6) is 1.88. The topological polar surface area (TPSA) is 44.8 Å². The van der Waals surface area contributed by atoms with Crippen LogP contribution in [0.4, 0.5) is 0 Å². The highest BCUT2D eigenvalue weighted by Crippen LogP contribution is 2.41. The van der Waals surface area contributed by atoms with Gasteiger partial charge in [-0.15, -0.1) is 0 Å². The summed E-state index contributed by atoms with van der Waals surface area (Å²) in [6.07, 6.45) is -0.419. The number of aryl methyl sites for hydroxylation is 1. The third-order valence-electron chi connectivity index (χ3n) is 3.91. The largest absolute Gasteiger partial charge is 0.493 e. The Balaban J connectivity index is 2.01. The van der Waals surface area contributed by atoms with Gasteiger partial charge in [0, 0.05) is 0 Å². The number of ether oxygens (including phenoxy) is 3. The predicted molar refractivity (Wildman–Crippen MR) is 91.1 cm³/mol. The number of carbonyl (C=O) groups excluding carboxylic acids is 1.